The summed E-state index contributed by atoms with van der Waals surface area (Å²) in [5, 5.41) is 0. The van der Waals surface area contributed by atoms with Crippen molar-refractivity contribution >= 4 is 0 Å². The zero-order valence-electron chi connectivity index (χ0n) is 22.8. The van der Waals surface area contributed by atoms with Crippen LogP contribution >= 0.6 is 0 Å². The van der Waals surface area contributed by atoms with Crippen LogP contribution in [0.1, 0.15) is 32.7 Å². The monoisotopic (exact) mass is 397 g/mol. The summed E-state index contributed by atoms with van der Waals surface area (Å²) in [6.45, 7) is 14.0. The average molecular weight is 398 g/mol. The van der Waals surface area contributed by atoms with Gasteiger partial charge in [0, 0.05) is 56.5 Å². The Balaban J connectivity index is -0.000000325. The van der Waals surface area contributed by atoms with Crippen LogP contribution in [0.15, 0.2) is 0 Å². The molecule has 0 radical (unpaired) electrons. The summed E-state index contributed by atoms with van der Waals surface area (Å²) in [4.78, 5) is 11.8. The number of piperazine rings is 1. The van der Waals surface area contributed by atoms with Crippen LogP contribution < -0.4 is 0 Å². The molecule has 0 saturated carbocycles. The lowest BCUT2D eigenvalue weighted by molar-refractivity contribution is 0.0503. The third kappa shape index (κ3) is 17.6. The molecule has 0 amide bonds. The maximum Gasteiger partial charge on any atom is 0.0594 e. The Morgan fingerprint density at radius 1 is 0.481 bits per heavy atom. The van der Waals surface area contributed by atoms with Crippen molar-refractivity contribution in [3.63, 3.8) is 0 Å². The van der Waals surface area contributed by atoms with E-state index in [0.717, 1.165) is 26.3 Å². The van der Waals surface area contributed by atoms with Gasteiger partial charge in [0.25, 0.3) is 0 Å². The largest absolute Gasteiger partial charge is 0.379 e. The van der Waals surface area contributed by atoms with Crippen LogP contribution in [-0.4, -0.2) is 138 Å². The van der Waals surface area contributed by atoms with Gasteiger partial charge in [0.1, 0.15) is 0 Å². The Hall–Kier alpha value is -0.240. The van der Waals surface area contributed by atoms with Gasteiger partial charge in [-0.3, -0.25) is 0 Å². The molecule has 0 aromatic carbocycles. The van der Waals surface area contributed by atoms with Crippen LogP contribution in [0, 0.1) is 0 Å². The molecule has 0 aliphatic carbocycles. The van der Waals surface area contributed by atoms with Crippen molar-refractivity contribution < 1.29 is 8.85 Å². The first-order valence-electron chi connectivity index (χ1n) is 12.5. The maximum absolute atomic E-state index is 5.75. The molecule has 3 saturated heterocycles. The highest BCUT2D eigenvalue weighted by Gasteiger charge is 2.08. The van der Waals surface area contributed by atoms with E-state index in [1.54, 1.807) is 0 Å². The van der Waals surface area contributed by atoms with Crippen molar-refractivity contribution in [1.82, 2.24) is 24.5 Å². The third-order valence-corrected chi connectivity index (χ3v) is 4.90. The van der Waals surface area contributed by atoms with E-state index in [1.807, 2.05) is 0 Å². The number of likely N-dealkylation sites (N-methyl/N-ethyl adjacent to an activating group) is 5. The van der Waals surface area contributed by atoms with E-state index in [0.29, 0.717) is 0 Å². The molecule has 3 rings (SSSR count). The first kappa shape index (κ1) is 24.8. The second-order valence-electron chi connectivity index (χ2n) is 7.48. The molecule has 0 bridgehead atoms. The number of nitrogens with zero attached hydrogens (tertiary/aromatic N) is 5. The molecular weight excluding hydrogens is 338 g/mol. The van der Waals surface area contributed by atoms with Gasteiger partial charge < -0.3 is 29.2 Å². The van der Waals surface area contributed by atoms with Crippen LogP contribution in [0.5, 0.6) is 0 Å². The lowest BCUT2D eigenvalue weighted by Crippen LogP contribution is -2.42. The standard InChI is InChI=1S/C7H16N2.C6H14N2.C5H11NO.3CH4/c1-8-4-3-5-9(2)7-6-8;1-7-3-5-8(2)6-4-7;1-6-2-4-7-5-3-6;;;/h3-7H2,1-2H3;3-6H2,1-2H3;2-5H2,1H3;3*1H4/i;;;3*1T. The smallest absolute Gasteiger partial charge is 0.0594 e. The Bertz CT molecular complexity index is 286. The minimum absolute atomic E-state index is 0.913. The number of ether oxygens (including phenoxy) is 1. The molecule has 0 N–H and O–H groups in total. The zero-order chi connectivity index (χ0) is 23.8. The van der Waals surface area contributed by atoms with Crippen molar-refractivity contribution in [2.24, 2.45) is 0 Å². The van der Waals surface area contributed by atoms with Gasteiger partial charge in [-0.05, 0) is 54.7 Å². The normalized spacial score (nSPS) is 23.8. The topological polar surface area (TPSA) is 25.4 Å². The van der Waals surface area contributed by atoms with Crippen molar-refractivity contribution in [1.29, 1.82) is 0 Å². The summed E-state index contributed by atoms with van der Waals surface area (Å²) in [5.74, 6) is 0. The van der Waals surface area contributed by atoms with Gasteiger partial charge in [0.2, 0.25) is 0 Å². The Kier molecular flexibility index (Phi) is 17.5. The Labute approximate surface area is 176 Å². The zero-order valence-corrected chi connectivity index (χ0v) is 19.8. The first-order valence-corrected chi connectivity index (χ1v) is 9.48. The van der Waals surface area contributed by atoms with E-state index in [2.05, 4.69) is 59.7 Å². The van der Waals surface area contributed by atoms with Crippen LogP contribution in [0.2, 0.25) is 0 Å². The molecule has 3 fully saturated rings. The second kappa shape index (κ2) is 19.1. The molecule has 3 aliphatic rings. The molecule has 0 unspecified atom stereocenters. The van der Waals surface area contributed by atoms with Gasteiger partial charge >= 0.3 is 0 Å². The van der Waals surface area contributed by atoms with Gasteiger partial charge in [-0.1, -0.05) is 22.2 Å². The molecule has 0 aromatic heterocycles. The number of morpholine rings is 1. The fraction of sp³-hybridized carbons (Fsp3) is 1.00. The molecular formula is C21H53N5O. The summed E-state index contributed by atoms with van der Waals surface area (Å²) in [7, 11) is 14.6. The second-order valence-corrected chi connectivity index (χ2v) is 7.48. The summed E-state index contributed by atoms with van der Waals surface area (Å²) in [5.41, 5.74) is 0. The van der Waals surface area contributed by atoms with E-state index in [-0.39, 0.29) is 0 Å². The highest BCUT2D eigenvalue weighted by molar-refractivity contribution is 4.64. The van der Waals surface area contributed by atoms with Gasteiger partial charge in [-0.2, -0.15) is 0 Å². The number of hydrogen-bond acceptors (Lipinski definition) is 6. The van der Waals surface area contributed by atoms with Gasteiger partial charge in [-0.25, -0.2) is 0 Å². The molecule has 0 aromatic rings. The molecule has 6 heteroatoms. The van der Waals surface area contributed by atoms with E-state index in [9.17, 15) is 0 Å². The molecule has 0 atom stereocenters. The van der Waals surface area contributed by atoms with E-state index in [1.165, 1.54) is 81.0 Å². The van der Waals surface area contributed by atoms with Gasteiger partial charge in [-0.15, -0.1) is 0 Å². The fourth-order valence-corrected chi connectivity index (χ4v) is 2.74. The van der Waals surface area contributed by atoms with Crippen LogP contribution in [0.25, 0.3) is 0 Å². The van der Waals surface area contributed by atoms with Crippen molar-refractivity contribution in [3.05, 3.63) is 0 Å². The Morgan fingerprint density at radius 2 is 0.741 bits per heavy atom. The van der Waals surface area contributed by atoms with Crippen LogP contribution in [0.4, 0.5) is 0 Å². The lowest BCUT2D eigenvalue weighted by atomic mass is 10.4. The van der Waals surface area contributed by atoms with Crippen molar-refractivity contribution in [2.75, 3.05) is 114 Å². The van der Waals surface area contributed by atoms with E-state index in [4.69, 9.17) is 8.85 Å². The average Bonchev–Trinajstić information content (AvgIpc) is 2.99. The predicted octanol–water partition coefficient (Wildman–Crippen LogP) is 1.97. The minimum Gasteiger partial charge on any atom is -0.379 e. The quantitative estimate of drug-likeness (QED) is 0.620. The van der Waals surface area contributed by atoms with Crippen LogP contribution in [0.3, 0.4) is 0 Å². The van der Waals surface area contributed by atoms with Crippen molar-refractivity contribution in [3.8, 4) is 0 Å². The number of rotatable bonds is 0. The lowest BCUT2D eigenvalue weighted by Gasteiger charge is -2.28. The summed E-state index contributed by atoms with van der Waals surface area (Å²) < 4.78 is 22.3. The third-order valence-electron chi connectivity index (χ3n) is 4.90. The van der Waals surface area contributed by atoms with Crippen LogP contribution in [-0.2, 0) is 4.74 Å². The molecule has 168 valence electrons. The van der Waals surface area contributed by atoms with E-state index >= 15 is 0 Å². The fourth-order valence-electron chi connectivity index (χ4n) is 2.74. The summed E-state index contributed by atoms with van der Waals surface area (Å²) in [6, 6.07) is 0. The molecule has 0 spiro atoms. The Morgan fingerprint density at radius 3 is 1.00 bits per heavy atom. The first-order chi connectivity index (χ1) is 14.5. The molecule has 27 heavy (non-hydrogen) atoms. The predicted molar refractivity (Wildman–Crippen MR) is 123 cm³/mol. The van der Waals surface area contributed by atoms with E-state index < -0.39 is 0 Å². The molecule has 6 nitrogen and oxygen atoms in total. The maximum atomic E-state index is 5.75. The van der Waals surface area contributed by atoms with Crippen molar-refractivity contribution in [2.45, 2.75) is 28.6 Å². The minimum atomic E-state index is 0.913. The highest BCUT2D eigenvalue weighted by atomic mass is 16.5. The molecule has 3 heterocycles. The highest BCUT2D eigenvalue weighted by Crippen LogP contribution is 1.96. The van der Waals surface area contributed by atoms with Gasteiger partial charge in [0.15, 0.2) is 0 Å². The SMILES string of the molecule is CN1CCCN(C)CC1.CN1CCN(C)CC1.CN1CCOCC1.[3H]C.[3H]C.[3H]C. The van der Waals surface area contributed by atoms with Gasteiger partial charge in [0.05, 0.1) is 13.2 Å². The number of hydrogen-bond donors (Lipinski definition) is 0. The summed E-state index contributed by atoms with van der Waals surface area (Å²) >= 11 is 0. The summed E-state index contributed by atoms with van der Waals surface area (Å²) in [6.07, 6.45) is 1.33. The molecule has 3 aliphatic heterocycles.